The summed E-state index contributed by atoms with van der Waals surface area (Å²) in [6.45, 7) is 1.93. The molecule has 0 spiro atoms. The van der Waals surface area contributed by atoms with Gasteiger partial charge in [0.25, 0.3) is 0 Å². The summed E-state index contributed by atoms with van der Waals surface area (Å²) in [7, 11) is 0. The number of benzene rings is 2. The molecule has 0 radical (unpaired) electrons. The van der Waals surface area contributed by atoms with Gasteiger partial charge in [0, 0.05) is 39.9 Å². The van der Waals surface area contributed by atoms with Crippen LogP contribution in [0, 0.1) is 0 Å². The van der Waals surface area contributed by atoms with Crippen LogP contribution in [-0.4, -0.2) is 18.2 Å². The van der Waals surface area contributed by atoms with Crippen LogP contribution in [0.4, 0.5) is 11.4 Å². The summed E-state index contributed by atoms with van der Waals surface area (Å²) in [4.78, 5) is 23.3. The maximum atomic E-state index is 11.9. The Bertz CT molecular complexity index is 712. The van der Waals surface area contributed by atoms with E-state index in [-0.39, 0.29) is 18.1 Å². The van der Waals surface area contributed by atoms with Gasteiger partial charge in [-0.2, -0.15) is 0 Å². The summed E-state index contributed by atoms with van der Waals surface area (Å²) < 4.78 is 0. The number of hydrogen-bond donors (Lipinski definition) is 2. The second-order valence-corrected chi connectivity index (χ2v) is 5.89. The molecule has 2 aromatic carbocycles. The van der Waals surface area contributed by atoms with E-state index in [9.17, 15) is 9.59 Å². The number of hydrogen-bond acceptors (Lipinski definition) is 3. The summed E-state index contributed by atoms with van der Waals surface area (Å²) in [6, 6.07) is 12.0. The third-order valence-corrected chi connectivity index (χ3v) is 3.53. The lowest BCUT2D eigenvalue weighted by Gasteiger charge is -2.09. The third kappa shape index (κ3) is 5.58. The lowest BCUT2D eigenvalue weighted by Crippen LogP contribution is -2.16. The Morgan fingerprint density at radius 1 is 1.00 bits per heavy atom. The first-order valence-electron chi connectivity index (χ1n) is 7.05. The van der Waals surface area contributed by atoms with Gasteiger partial charge in [0.1, 0.15) is 0 Å². The number of halogens is 2. The van der Waals surface area contributed by atoms with Crippen LogP contribution in [0.2, 0.25) is 10.0 Å². The van der Waals surface area contributed by atoms with Gasteiger partial charge in [-0.25, -0.2) is 0 Å². The molecular formula is C17H16Cl2N2O2. The van der Waals surface area contributed by atoms with Crippen LogP contribution in [-0.2, 0) is 4.79 Å². The topological polar surface area (TPSA) is 58.2 Å². The first kappa shape index (κ1) is 17.3. The maximum absolute atomic E-state index is 11.9. The molecule has 0 aliphatic heterocycles. The molecule has 6 heteroatoms. The van der Waals surface area contributed by atoms with Crippen molar-refractivity contribution < 1.29 is 9.59 Å². The molecule has 2 aromatic rings. The number of ketones is 1. The smallest absolute Gasteiger partial charge is 0.226 e. The van der Waals surface area contributed by atoms with Gasteiger partial charge in [0.05, 0.1) is 0 Å². The highest BCUT2D eigenvalue weighted by Gasteiger charge is 2.05. The molecule has 2 rings (SSSR count). The van der Waals surface area contributed by atoms with Gasteiger partial charge in [-0.1, -0.05) is 35.3 Å². The van der Waals surface area contributed by atoms with E-state index in [2.05, 4.69) is 10.6 Å². The van der Waals surface area contributed by atoms with E-state index in [1.165, 1.54) is 6.92 Å². The predicted octanol–water partition coefficient (Wildman–Crippen LogP) is 4.64. The standard InChI is InChI=1S/C17H16Cl2N2O2/c1-11(22)12-3-2-4-15(7-12)21-17(23)5-6-20-16-9-13(18)8-14(19)10-16/h2-4,7-10,20H,5-6H2,1H3,(H,21,23). The molecule has 0 fully saturated rings. The van der Waals surface area contributed by atoms with Gasteiger partial charge < -0.3 is 10.6 Å². The molecule has 0 saturated heterocycles. The number of amides is 1. The molecule has 120 valence electrons. The van der Waals surface area contributed by atoms with Gasteiger partial charge >= 0.3 is 0 Å². The Morgan fingerprint density at radius 2 is 1.70 bits per heavy atom. The van der Waals surface area contributed by atoms with Crippen molar-refractivity contribution in [3.05, 3.63) is 58.1 Å². The van der Waals surface area contributed by atoms with E-state index >= 15 is 0 Å². The van der Waals surface area contributed by atoms with Crippen LogP contribution in [0.15, 0.2) is 42.5 Å². The monoisotopic (exact) mass is 350 g/mol. The van der Waals surface area contributed by atoms with Crippen LogP contribution >= 0.6 is 23.2 Å². The Hall–Kier alpha value is -2.04. The number of nitrogens with one attached hydrogen (secondary N) is 2. The molecule has 23 heavy (non-hydrogen) atoms. The van der Waals surface area contributed by atoms with Gasteiger partial charge in [-0.05, 0) is 37.3 Å². The lowest BCUT2D eigenvalue weighted by atomic mass is 10.1. The Labute approximate surface area is 144 Å². The molecule has 4 nitrogen and oxygen atoms in total. The van der Waals surface area contributed by atoms with Crippen molar-refractivity contribution in [2.45, 2.75) is 13.3 Å². The fraction of sp³-hybridized carbons (Fsp3) is 0.176. The summed E-state index contributed by atoms with van der Waals surface area (Å²) >= 11 is 11.8. The van der Waals surface area contributed by atoms with Crippen molar-refractivity contribution in [2.24, 2.45) is 0 Å². The van der Waals surface area contributed by atoms with Gasteiger partial charge in [0.15, 0.2) is 5.78 Å². The zero-order valence-electron chi connectivity index (χ0n) is 12.5. The number of carbonyl (C=O) groups excluding carboxylic acids is 2. The summed E-state index contributed by atoms with van der Waals surface area (Å²) in [6.07, 6.45) is 0.272. The Kier molecular flexibility index (Phi) is 6.02. The largest absolute Gasteiger partial charge is 0.384 e. The zero-order valence-corrected chi connectivity index (χ0v) is 14.0. The van der Waals surface area contributed by atoms with Crippen molar-refractivity contribution in [1.29, 1.82) is 0 Å². The van der Waals surface area contributed by atoms with E-state index in [1.54, 1.807) is 42.5 Å². The van der Waals surface area contributed by atoms with Crippen molar-refractivity contribution in [1.82, 2.24) is 0 Å². The highest BCUT2D eigenvalue weighted by atomic mass is 35.5. The fourth-order valence-electron chi connectivity index (χ4n) is 2.02. The molecular weight excluding hydrogens is 335 g/mol. The molecule has 0 heterocycles. The molecule has 0 aliphatic carbocycles. The second-order valence-electron chi connectivity index (χ2n) is 5.02. The zero-order chi connectivity index (χ0) is 16.8. The van der Waals surface area contributed by atoms with Crippen molar-refractivity contribution in [2.75, 3.05) is 17.2 Å². The minimum atomic E-state index is -0.147. The quantitative estimate of drug-likeness (QED) is 0.746. The minimum absolute atomic E-state index is 0.0411. The third-order valence-electron chi connectivity index (χ3n) is 3.10. The second kappa shape index (κ2) is 7.99. The van der Waals surface area contributed by atoms with Crippen LogP contribution in [0.25, 0.3) is 0 Å². The Morgan fingerprint density at radius 3 is 2.35 bits per heavy atom. The molecule has 0 saturated carbocycles. The van der Waals surface area contributed by atoms with Crippen molar-refractivity contribution in [3.63, 3.8) is 0 Å². The highest BCUT2D eigenvalue weighted by molar-refractivity contribution is 6.35. The van der Waals surface area contributed by atoms with Crippen LogP contribution in [0.3, 0.4) is 0 Å². The van der Waals surface area contributed by atoms with Crippen molar-refractivity contribution in [3.8, 4) is 0 Å². The molecule has 0 aromatic heterocycles. The first-order chi connectivity index (χ1) is 10.9. The number of carbonyl (C=O) groups is 2. The van der Waals surface area contributed by atoms with Gasteiger partial charge in [-0.3, -0.25) is 9.59 Å². The molecule has 0 atom stereocenters. The van der Waals surface area contributed by atoms with E-state index in [1.807, 2.05) is 0 Å². The number of rotatable bonds is 6. The van der Waals surface area contributed by atoms with E-state index in [0.29, 0.717) is 27.8 Å². The lowest BCUT2D eigenvalue weighted by molar-refractivity contribution is -0.115. The predicted molar refractivity (Wildman–Crippen MR) is 94.6 cm³/mol. The highest BCUT2D eigenvalue weighted by Crippen LogP contribution is 2.22. The maximum Gasteiger partial charge on any atom is 0.226 e. The summed E-state index contributed by atoms with van der Waals surface area (Å²) in [5.74, 6) is -0.188. The average molecular weight is 351 g/mol. The summed E-state index contributed by atoms with van der Waals surface area (Å²) in [5.41, 5.74) is 1.93. The minimum Gasteiger partial charge on any atom is -0.384 e. The summed E-state index contributed by atoms with van der Waals surface area (Å²) in [5, 5.41) is 6.92. The molecule has 2 N–H and O–H groups in total. The normalized spacial score (nSPS) is 10.2. The van der Waals surface area contributed by atoms with E-state index in [0.717, 1.165) is 5.69 Å². The molecule has 0 bridgehead atoms. The van der Waals surface area contributed by atoms with Crippen LogP contribution < -0.4 is 10.6 Å². The molecule has 0 aliphatic rings. The van der Waals surface area contributed by atoms with Crippen LogP contribution in [0.5, 0.6) is 0 Å². The Balaban J connectivity index is 1.85. The fourth-order valence-corrected chi connectivity index (χ4v) is 2.54. The van der Waals surface area contributed by atoms with Crippen LogP contribution in [0.1, 0.15) is 23.7 Å². The average Bonchev–Trinajstić information content (AvgIpc) is 2.46. The van der Waals surface area contributed by atoms with Gasteiger partial charge in [0.2, 0.25) is 5.91 Å². The SMILES string of the molecule is CC(=O)c1cccc(NC(=O)CCNc2cc(Cl)cc(Cl)c2)c1. The van der Waals surface area contributed by atoms with Gasteiger partial charge in [-0.15, -0.1) is 0 Å². The van der Waals surface area contributed by atoms with E-state index in [4.69, 9.17) is 23.2 Å². The molecule has 1 amide bonds. The number of Topliss-reactive ketones (excluding diaryl/α,β-unsaturated/α-hetero) is 1. The molecule has 0 unspecified atom stereocenters. The number of anilines is 2. The first-order valence-corrected chi connectivity index (χ1v) is 7.80. The van der Waals surface area contributed by atoms with E-state index < -0.39 is 0 Å². The van der Waals surface area contributed by atoms with Crippen molar-refractivity contribution >= 4 is 46.3 Å².